The summed E-state index contributed by atoms with van der Waals surface area (Å²) in [6.45, 7) is 9.46. The fraction of sp³-hybridized carbons (Fsp3) is 0.692. The van der Waals surface area contributed by atoms with Crippen molar-refractivity contribution in [2.75, 3.05) is 0 Å². The third-order valence-electron chi connectivity index (χ3n) is 2.03. The predicted octanol–water partition coefficient (Wildman–Crippen LogP) is 2.89. The van der Waals surface area contributed by atoms with E-state index in [1.807, 2.05) is 20.8 Å². The number of allylic oxidation sites excluding steroid dienone is 2. The molecule has 3 nitrogen and oxygen atoms in total. The van der Waals surface area contributed by atoms with E-state index in [1.165, 1.54) is 5.57 Å². The summed E-state index contributed by atoms with van der Waals surface area (Å²) in [5.74, 6) is -0.954. The Morgan fingerprint density at radius 3 is 2.19 bits per heavy atom. The molecular weight excluding hydrogens is 204 g/mol. The molecule has 1 unspecified atom stereocenters. The first-order valence-electron chi connectivity index (χ1n) is 5.70. The Bertz CT molecular complexity index is 273. The quantitative estimate of drug-likeness (QED) is 0.397. The van der Waals surface area contributed by atoms with Gasteiger partial charge in [-0.1, -0.05) is 18.6 Å². The molecule has 0 fully saturated rings. The van der Waals surface area contributed by atoms with Crippen molar-refractivity contribution in [3.05, 3.63) is 11.6 Å². The summed E-state index contributed by atoms with van der Waals surface area (Å²) < 4.78 is 4.83. The van der Waals surface area contributed by atoms with Crippen molar-refractivity contribution in [1.29, 1.82) is 0 Å². The first-order chi connectivity index (χ1) is 7.32. The molecule has 0 saturated carbocycles. The first-order valence-corrected chi connectivity index (χ1v) is 5.70. The average molecular weight is 226 g/mol. The highest BCUT2D eigenvalue weighted by atomic mass is 16.5. The Hall–Kier alpha value is -1.12. The van der Waals surface area contributed by atoms with E-state index in [2.05, 4.69) is 6.08 Å². The number of ether oxygens (including phenoxy) is 1. The van der Waals surface area contributed by atoms with Crippen molar-refractivity contribution in [3.8, 4) is 0 Å². The van der Waals surface area contributed by atoms with Crippen molar-refractivity contribution in [3.63, 3.8) is 0 Å². The Kier molecular flexibility index (Phi) is 6.70. The summed E-state index contributed by atoms with van der Waals surface area (Å²) in [5, 5.41) is 0. The maximum Gasteiger partial charge on any atom is 0.374 e. The van der Waals surface area contributed by atoms with Crippen molar-refractivity contribution in [1.82, 2.24) is 0 Å². The van der Waals surface area contributed by atoms with Gasteiger partial charge in [-0.3, -0.25) is 4.79 Å². The van der Waals surface area contributed by atoms with Crippen LogP contribution in [-0.2, 0) is 14.3 Å². The lowest BCUT2D eigenvalue weighted by Gasteiger charge is -2.09. The highest BCUT2D eigenvalue weighted by Crippen LogP contribution is 2.11. The summed E-state index contributed by atoms with van der Waals surface area (Å²) in [4.78, 5) is 22.7. The molecule has 0 N–H and O–H groups in total. The molecule has 0 bridgehead atoms. The van der Waals surface area contributed by atoms with E-state index in [4.69, 9.17) is 4.74 Å². The molecule has 0 aliphatic carbocycles. The van der Waals surface area contributed by atoms with Gasteiger partial charge in [-0.2, -0.15) is 0 Å². The fourth-order valence-electron chi connectivity index (χ4n) is 1.20. The zero-order valence-electron chi connectivity index (χ0n) is 10.9. The third-order valence-corrected chi connectivity index (χ3v) is 2.03. The van der Waals surface area contributed by atoms with Gasteiger partial charge in [0.2, 0.25) is 5.78 Å². The summed E-state index contributed by atoms with van der Waals surface area (Å²) in [7, 11) is 0. The fourth-order valence-corrected chi connectivity index (χ4v) is 1.20. The molecule has 0 aromatic rings. The molecule has 0 amide bonds. The highest BCUT2D eigenvalue weighted by Gasteiger charge is 2.18. The monoisotopic (exact) mass is 226 g/mol. The van der Waals surface area contributed by atoms with Gasteiger partial charge >= 0.3 is 5.97 Å². The second-order valence-electron chi connectivity index (χ2n) is 4.70. The molecule has 3 heteroatoms. The minimum absolute atomic E-state index is 0.183. The van der Waals surface area contributed by atoms with Gasteiger partial charge in [0.15, 0.2) is 0 Å². The van der Waals surface area contributed by atoms with Crippen molar-refractivity contribution in [2.45, 2.75) is 53.6 Å². The van der Waals surface area contributed by atoms with Gasteiger partial charge < -0.3 is 4.74 Å². The number of hydrogen-bond donors (Lipinski definition) is 0. The van der Waals surface area contributed by atoms with Gasteiger partial charge in [-0.15, -0.1) is 0 Å². The number of hydrogen-bond acceptors (Lipinski definition) is 3. The molecule has 0 rings (SSSR count). The van der Waals surface area contributed by atoms with Crippen molar-refractivity contribution >= 4 is 11.8 Å². The molecule has 1 atom stereocenters. The maximum absolute atomic E-state index is 11.4. The molecule has 92 valence electrons. The third kappa shape index (κ3) is 7.21. The molecule has 0 heterocycles. The second-order valence-corrected chi connectivity index (χ2v) is 4.70. The van der Waals surface area contributed by atoms with Crippen LogP contribution >= 0.6 is 0 Å². The van der Waals surface area contributed by atoms with Crippen LogP contribution in [0.3, 0.4) is 0 Å². The molecule has 0 spiro atoms. The second kappa shape index (κ2) is 7.20. The van der Waals surface area contributed by atoms with Gasteiger partial charge in [0, 0.05) is 6.42 Å². The van der Waals surface area contributed by atoms with E-state index in [-0.39, 0.29) is 18.4 Å². The van der Waals surface area contributed by atoms with Gasteiger partial charge in [0.05, 0.1) is 6.10 Å². The highest BCUT2D eigenvalue weighted by molar-refractivity contribution is 6.33. The number of ketones is 1. The van der Waals surface area contributed by atoms with Crippen LogP contribution in [0, 0.1) is 5.92 Å². The van der Waals surface area contributed by atoms with Crippen LogP contribution in [0.5, 0.6) is 0 Å². The van der Waals surface area contributed by atoms with E-state index < -0.39 is 11.8 Å². The molecule has 0 aliphatic heterocycles. The summed E-state index contributed by atoms with van der Waals surface area (Å²) in [6, 6.07) is 0. The molecule has 0 saturated heterocycles. The largest absolute Gasteiger partial charge is 0.457 e. The number of rotatable bonds is 6. The van der Waals surface area contributed by atoms with Gasteiger partial charge in [0.25, 0.3) is 0 Å². The Balaban J connectivity index is 4.04. The van der Waals surface area contributed by atoms with Crippen LogP contribution < -0.4 is 0 Å². The molecule has 16 heavy (non-hydrogen) atoms. The minimum Gasteiger partial charge on any atom is -0.457 e. The number of esters is 1. The van der Waals surface area contributed by atoms with Crippen LogP contribution in [0.25, 0.3) is 0 Å². The number of Topliss-reactive ketones (excluding diaryl/α,β-unsaturated/α-hetero) is 1. The van der Waals surface area contributed by atoms with E-state index >= 15 is 0 Å². The SMILES string of the molecule is CC(C)=CCC(C)CC(=O)C(=O)OC(C)C. The smallest absolute Gasteiger partial charge is 0.374 e. The summed E-state index contributed by atoms with van der Waals surface area (Å²) in [5.41, 5.74) is 1.23. The maximum atomic E-state index is 11.4. The zero-order valence-corrected chi connectivity index (χ0v) is 10.9. The normalized spacial score (nSPS) is 12.1. The Labute approximate surface area is 97.9 Å². The van der Waals surface area contributed by atoms with Gasteiger partial charge in [-0.05, 0) is 40.0 Å². The van der Waals surface area contributed by atoms with Crippen LogP contribution in [-0.4, -0.2) is 17.9 Å². The van der Waals surface area contributed by atoms with Crippen LogP contribution in [0.1, 0.15) is 47.5 Å². The van der Waals surface area contributed by atoms with Gasteiger partial charge in [0.1, 0.15) is 0 Å². The molecule has 0 radical (unpaired) electrons. The standard InChI is InChI=1S/C13H22O3/c1-9(2)6-7-11(5)8-12(14)13(15)16-10(3)4/h6,10-11H,7-8H2,1-5H3. The number of carbonyl (C=O) groups excluding carboxylic acids is 2. The summed E-state index contributed by atoms with van der Waals surface area (Å²) in [6.07, 6.45) is 2.92. The minimum atomic E-state index is -0.709. The topological polar surface area (TPSA) is 43.4 Å². The van der Waals surface area contributed by atoms with E-state index in [0.717, 1.165) is 6.42 Å². The predicted molar refractivity (Wildman–Crippen MR) is 64.1 cm³/mol. The van der Waals surface area contributed by atoms with Crippen LogP contribution in [0.4, 0.5) is 0 Å². The lowest BCUT2D eigenvalue weighted by atomic mass is 10.00. The lowest BCUT2D eigenvalue weighted by Crippen LogP contribution is -2.22. The Morgan fingerprint density at radius 1 is 1.19 bits per heavy atom. The van der Waals surface area contributed by atoms with Crippen molar-refractivity contribution in [2.24, 2.45) is 5.92 Å². The van der Waals surface area contributed by atoms with Crippen LogP contribution in [0.2, 0.25) is 0 Å². The van der Waals surface area contributed by atoms with Crippen LogP contribution in [0.15, 0.2) is 11.6 Å². The van der Waals surface area contributed by atoms with E-state index in [1.54, 1.807) is 13.8 Å². The number of carbonyl (C=O) groups is 2. The molecule has 0 aromatic carbocycles. The molecule has 0 aliphatic rings. The van der Waals surface area contributed by atoms with E-state index in [9.17, 15) is 9.59 Å². The Morgan fingerprint density at radius 2 is 1.75 bits per heavy atom. The zero-order chi connectivity index (χ0) is 12.7. The van der Waals surface area contributed by atoms with Gasteiger partial charge in [-0.25, -0.2) is 4.79 Å². The van der Waals surface area contributed by atoms with Crippen molar-refractivity contribution < 1.29 is 14.3 Å². The summed E-state index contributed by atoms with van der Waals surface area (Å²) >= 11 is 0. The first kappa shape index (κ1) is 14.9. The average Bonchev–Trinajstić information content (AvgIpc) is 2.13. The lowest BCUT2D eigenvalue weighted by molar-refractivity contribution is -0.157. The molecule has 0 aromatic heterocycles. The van der Waals surface area contributed by atoms with E-state index in [0.29, 0.717) is 0 Å². The molecular formula is C13H22O3.